The Labute approximate surface area is 117 Å². The monoisotopic (exact) mass is 254 g/mol. The van der Waals surface area contributed by atoms with Crippen molar-refractivity contribution in [2.24, 2.45) is 16.7 Å². The minimum atomic E-state index is 0.445. The number of rotatable bonds is 8. The van der Waals surface area contributed by atoms with Crippen molar-refractivity contribution in [3.63, 3.8) is 0 Å². The van der Waals surface area contributed by atoms with Gasteiger partial charge in [-0.25, -0.2) is 0 Å². The maximum absolute atomic E-state index is 2.41. The summed E-state index contributed by atoms with van der Waals surface area (Å²) in [4.78, 5) is 0. The van der Waals surface area contributed by atoms with Gasteiger partial charge in [0, 0.05) is 0 Å². The SMILES string of the molecule is CCCCCCCCCC(C(C)(C)C)C(C)(C)C. The van der Waals surface area contributed by atoms with Crippen LogP contribution in [0, 0.1) is 16.7 Å². The largest absolute Gasteiger partial charge is 0.0654 e. The zero-order chi connectivity index (χ0) is 14.2. The average Bonchev–Trinajstić information content (AvgIpc) is 2.18. The third-order valence-electron chi connectivity index (χ3n) is 4.19. The maximum Gasteiger partial charge on any atom is -0.0317 e. The van der Waals surface area contributed by atoms with Gasteiger partial charge in [-0.15, -0.1) is 0 Å². The van der Waals surface area contributed by atoms with E-state index in [1.165, 1.54) is 51.4 Å². The molecule has 0 unspecified atom stereocenters. The van der Waals surface area contributed by atoms with Gasteiger partial charge >= 0.3 is 0 Å². The molecule has 0 aromatic rings. The van der Waals surface area contributed by atoms with E-state index >= 15 is 0 Å². The van der Waals surface area contributed by atoms with Gasteiger partial charge in [0.2, 0.25) is 0 Å². The Kier molecular flexibility index (Phi) is 8.23. The molecule has 18 heavy (non-hydrogen) atoms. The molecule has 0 bridgehead atoms. The van der Waals surface area contributed by atoms with Crippen LogP contribution in [0.25, 0.3) is 0 Å². The normalized spacial score (nSPS) is 13.3. The Balaban J connectivity index is 3.86. The highest BCUT2D eigenvalue weighted by molar-refractivity contribution is 4.83. The van der Waals surface area contributed by atoms with E-state index < -0.39 is 0 Å². The van der Waals surface area contributed by atoms with Crippen molar-refractivity contribution < 1.29 is 0 Å². The van der Waals surface area contributed by atoms with Gasteiger partial charge in [-0.3, -0.25) is 0 Å². The zero-order valence-electron chi connectivity index (χ0n) is 14.2. The molecule has 0 amide bonds. The van der Waals surface area contributed by atoms with Crippen LogP contribution in [0.15, 0.2) is 0 Å². The molecule has 0 aliphatic heterocycles. The highest BCUT2D eigenvalue weighted by atomic mass is 14.4. The first-order valence-corrected chi connectivity index (χ1v) is 8.19. The minimum absolute atomic E-state index is 0.445. The first-order valence-electron chi connectivity index (χ1n) is 8.19. The second-order valence-corrected chi connectivity index (χ2v) is 8.19. The van der Waals surface area contributed by atoms with Crippen LogP contribution >= 0.6 is 0 Å². The van der Waals surface area contributed by atoms with Crippen molar-refractivity contribution in [1.29, 1.82) is 0 Å². The summed E-state index contributed by atoms with van der Waals surface area (Å²) >= 11 is 0. The second kappa shape index (κ2) is 8.23. The van der Waals surface area contributed by atoms with Crippen molar-refractivity contribution in [2.45, 2.75) is 99.8 Å². The molecule has 0 aliphatic carbocycles. The van der Waals surface area contributed by atoms with E-state index in [1.807, 2.05) is 0 Å². The fourth-order valence-corrected chi connectivity index (χ4v) is 3.47. The minimum Gasteiger partial charge on any atom is -0.0654 e. The Morgan fingerprint density at radius 3 is 1.39 bits per heavy atom. The summed E-state index contributed by atoms with van der Waals surface area (Å²) < 4.78 is 0. The molecule has 0 rings (SSSR count). The van der Waals surface area contributed by atoms with E-state index in [9.17, 15) is 0 Å². The van der Waals surface area contributed by atoms with Gasteiger partial charge in [0.1, 0.15) is 0 Å². The highest BCUT2D eigenvalue weighted by Gasteiger charge is 2.33. The van der Waals surface area contributed by atoms with Gasteiger partial charge in [-0.1, -0.05) is 93.4 Å². The van der Waals surface area contributed by atoms with E-state index in [2.05, 4.69) is 48.5 Å². The van der Waals surface area contributed by atoms with Crippen LogP contribution in [0.5, 0.6) is 0 Å². The zero-order valence-corrected chi connectivity index (χ0v) is 14.2. The molecule has 0 aromatic heterocycles. The fourth-order valence-electron chi connectivity index (χ4n) is 3.47. The summed E-state index contributed by atoms with van der Waals surface area (Å²) in [6.07, 6.45) is 11.4. The Hall–Kier alpha value is 0. The predicted molar refractivity (Wildman–Crippen MR) is 85.0 cm³/mol. The molecule has 0 aliphatic rings. The molecule has 0 nitrogen and oxygen atoms in total. The molecule has 0 saturated carbocycles. The van der Waals surface area contributed by atoms with E-state index in [4.69, 9.17) is 0 Å². The van der Waals surface area contributed by atoms with Crippen molar-refractivity contribution in [1.82, 2.24) is 0 Å². The lowest BCUT2D eigenvalue weighted by molar-refractivity contribution is 0.0898. The summed E-state index contributed by atoms with van der Waals surface area (Å²) in [7, 11) is 0. The van der Waals surface area contributed by atoms with Gasteiger partial charge in [-0.2, -0.15) is 0 Å². The lowest BCUT2D eigenvalue weighted by Crippen LogP contribution is -2.32. The molecule has 0 fully saturated rings. The molecule has 0 spiro atoms. The second-order valence-electron chi connectivity index (χ2n) is 8.19. The van der Waals surface area contributed by atoms with Crippen LogP contribution in [0.2, 0.25) is 0 Å². The van der Waals surface area contributed by atoms with E-state index in [0.717, 1.165) is 5.92 Å². The molecule has 110 valence electrons. The van der Waals surface area contributed by atoms with Crippen molar-refractivity contribution >= 4 is 0 Å². The number of hydrogen-bond donors (Lipinski definition) is 0. The summed E-state index contributed by atoms with van der Waals surface area (Å²) in [6.45, 7) is 16.7. The van der Waals surface area contributed by atoms with Gasteiger partial charge in [0.15, 0.2) is 0 Å². The molecule has 0 atom stereocenters. The van der Waals surface area contributed by atoms with Crippen molar-refractivity contribution in [3.8, 4) is 0 Å². The van der Waals surface area contributed by atoms with Crippen molar-refractivity contribution in [2.75, 3.05) is 0 Å². The third kappa shape index (κ3) is 8.16. The van der Waals surface area contributed by atoms with Gasteiger partial charge in [-0.05, 0) is 23.2 Å². The van der Waals surface area contributed by atoms with Crippen LogP contribution < -0.4 is 0 Å². The molecule has 0 radical (unpaired) electrons. The van der Waals surface area contributed by atoms with Crippen LogP contribution in [0.1, 0.15) is 99.8 Å². The summed E-state index contributed by atoms with van der Waals surface area (Å²) in [5.41, 5.74) is 0.890. The third-order valence-corrected chi connectivity index (χ3v) is 4.19. The van der Waals surface area contributed by atoms with E-state index in [-0.39, 0.29) is 0 Å². The predicted octanol–water partition coefficient (Wildman–Crippen LogP) is 6.84. The summed E-state index contributed by atoms with van der Waals surface area (Å²) in [6, 6.07) is 0. The number of unbranched alkanes of at least 4 members (excludes halogenated alkanes) is 6. The maximum atomic E-state index is 2.41. The van der Waals surface area contributed by atoms with Crippen LogP contribution in [0.3, 0.4) is 0 Å². The van der Waals surface area contributed by atoms with Gasteiger partial charge < -0.3 is 0 Å². The Morgan fingerprint density at radius 1 is 0.611 bits per heavy atom. The van der Waals surface area contributed by atoms with Crippen molar-refractivity contribution in [3.05, 3.63) is 0 Å². The van der Waals surface area contributed by atoms with Gasteiger partial charge in [0.25, 0.3) is 0 Å². The Bertz CT molecular complexity index is 175. The fraction of sp³-hybridized carbons (Fsp3) is 1.00. The molecular formula is C18H38. The van der Waals surface area contributed by atoms with Crippen LogP contribution in [0.4, 0.5) is 0 Å². The summed E-state index contributed by atoms with van der Waals surface area (Å²) in [5, 5.41) is 0. The van der Waals surface area contributed by atoms with E-state index in [1.54, 1.807) is 0 Å². The topological polar surface area (TPSA) is 0 Å². The number of hydrogen-bond acceptors (Lipinski definition) is 0. The molecule has 0 heterocycles. The smallest absolute Gasteiger partial charge is 0.0317 e. The standard InChI is InChI=1S/C18H38/c1-8-9-10-11-12-13-14-15-16(17(2,3)4)18(5,6)7/h16H,8-15H2,1-7H3. The summed E-state index contributed by atoms with van der Waals surface area (Å²) in [5.74, 6) is 0.834. The van der Waals surface area contributed by atoms with Crippen LogP contribution in [-0.2, 0) is 0 Å². The van der Waals surface area contributed by atoms with E-state index in [0.29, 0.717) is 10.8 Å². The highest BCUT2D eigenvalue weighted by Crippen LogP contribution is 2.43. The van der Waals surface area contributed by atoms with Gasteiger partial charge in [0.05, 0.1) is 0 Å². The lowest BCUT2D eigenvalue weighted by Gasteiger charge is -2.41. The van der Waals surface area contributed by atoms with Crippen LogP contribution in [-0.4, -0.2) is 0 Å². The quantitative estimate of drug-likeness (QED) is 0.416. The molecule has 0 heteroatoms. The molecule has 0 N–H and O–H groups in total. The lowest BCUT2D eigenvalue weighted by atomic mass is 9.65. The first kappa shape index (κ1) is 18.0. The first-order chi connectivity index (χ1) is 8.19. The molecule has 0 saturated heterocycles. The Morgan fingerprint density at radius 2 is 1.00 bits per heavy atom. The molecule has 0 aromatic carbocycles. The average molecular weight is 255 g/mol. The molecular weight excluding hydrogens is 216 g/mol.